The van der Waals surface area contributed by atoms with Gasteiger partial charge in [-0.05, 0) is 33.2 Å². The lowest BCUT2D eigenvalue weighted by molar-refractivity contribution is 0.0924. The van der Waals surface area contributed by atoms with Gasteiger partial charge in [-0.3, -0.25) is 9.80 Å². The lowest BCUT2D eigenvalue weighted by Crippen LogP contribution is -2.49. The van der Waals surface area contributed by atoms with Gasteiger partial charge >= 0.3 is 0 Å². The van der Waals surface area contributed by atoms with Crippen LogP contribution in [0.15, 0.2) is 0 Å². The van der Waals surface area contributed by atoms with Crippen LogP contribution in [0, 0.1) is 0 Å². The molecule has 0 heterocycles. The summed E-state index contributed by atoms with van der Waals surface area (Å²) in [6.45, 7) is 7.16. The SMILES string of the molecule is CCC[SiH2]C(C)(C)C(N(C)C)N(C)C. The number of nitrogens with zero attached hydrogens (tertiary/aromatic N) is 2. The standard InChI is InChI=1S/C11H28N2Si/c1-8-9-14-11(2,3)10(12(4)5)13(6)7/h10H,8-9,14H2,1-7H3. The monoisotopic (exact) mass is 216 g/mol. The van der Waals surface area contributed by atoms with Crippen molar-refractivity contribution in [3.8, 4) is 0 Å². The summed E-state index contributed by atoms with van der Waals surface area (Å²) in [7, 11) is 8.77. The Morgan fingerprint density at radius 2 is 1.50 bits per heavy atom. The highest BCUT2D eigenvalue weighted by atomic mass is 28.2. The molecule has 3 heteroatoms. The third-order valence-corrected chi connectivity index (χ3v) is 5.57. The summed E-state index contributed by atoms with van der Waals surface area (Å²) in [5.74, 6) is 0. The van der Waals surface area contributed by atoms with Gasteiger partial charge in [0, 0.05) is 9.52 Å². The van der Waals surface area contributed by atoms with E-state index < -0.39 is 0 Å². The Hall–Kier alpha value is 0.137. The summed E-state index contributed by atoms with van der Waals surface area (Å²) in [6.07, 6.45) is 1.93. The van der Waals surface area contributed by atoms with Crippen LogP contribution in [0.1, 0.15) is 27.2 Å². The molecule has 0 atom stereocenters. The smallest absolute Gasteiger partial charge is 0.0634 e. The molecular weight excluding hydrogens is 188 g/mol. The Kier molecular flexibility index (Phi) is 5.94. The molecule has 0 N–H and O–H groups in total. The Morgan fingerprint density at radius 3 is 1.79 bits per heavy atom. The molecule has 2 nitrogen and oxygen atoms in total. The summed E-state index contributed by atoms with van der Waals surface area (Å²) in [5.41, 5.74) is 0. The van der Waals surface area contributed by atoms with E-state index in [1.165, 1.54) is 12.5 Å². The van der Waals surface area contributed by atoms with E-state index >= 15 is 0 Å². The van der Waals surface area contributed by atoms with Crippen molar-refractivity contribution < 1.29 is 0 Å². The Balaban J connectivity index is 4.45. The van der Waals surface area contributed by atoms with E-state index in [2.05, 4.69) is 58.8 Å². The predicted molar refractivity (Wildman–Crippen MR) is 68.8 cm³/mol. The van der Waals surface area contributed by atoms with Gasteiger partial charge in [0.1, 0.15) is 0 Å². The molecule has 0 radical (unpaired) electrons. The molecular formula is C11H28N2Si. The topological polar surface area (TPSA) is 6.48 Å². The van der Waals surface area contributed by atoms with Gasteiger partial charge in [0.25, 0.3) is 0 Å². The van der Waals surface area contributed by atoms with Crippen molar-refractivity contribution in [3.05, 3.63) is 0 Å². The lowest BCUT2D eigenvalue weighted by atomic mass is 10.1. The average molecular weight is 216 g/mol. The van der Waals surface area contributed by atoms with E-state index in [0.717, 1.165) is 0 Å². The number of hydrogen-bond donors (Lipinski definition) is 0. The van der Waals surface area contributed by atoms with Gasteiger partial charge in [0.05, 0.1) is 6.17 Å². The van der Waals surface area contributed by atoms with E-state index in [0.29, 0.717) is 11.2 Å². The van der Waals surface area contributed by atoms with Crippen molar-refractivity contribution in [2.45, 2.75) is 44.4 Å². The van der Waals surface area contributed by atoms with Crippen LogP contribution in [0.3, 0.4) is 0 Å². The van der Waals surface area contributed by atoms with Crippen LogP contribution in [0.5, 0.6) is 0 Å². The largest absolute Gasteiger partial charge is 0.294 e. The maximum Gasteiger partial charge on any atom is 0.0634 e. The van der Waals surface area contributed by atoms with Crippen molar-refractivity contribution in [1.29, 1.82) is 0 Å². The molecule has 0 aliphatic heterocycles. The van der Waals surface area contributed by atoms with Crippen LogP contribution in [0.2, 0.25) is 11.1 Å². The first-order valence-electron chi connectivity index (χ1n) is 5.65. The molecule has 0 saturated heterocycles. The van der Waals surface area contributed by atoms with Crippen molar-refractivity contribution in [2.75, 3.05) is 28.2 Å². The van der Waals surface area contributed by atoms with E-state index in [1.54, 1.807) is 0 Å². The third-order valence-electron chi connectivity index (χ3n) is 2.85. The molecule has 0 rings (SSSR count). The van der Waals surface area contributed by atoms with Crippen LogP contribution in [-0.2, 0) is 0 Å². The summed E-state index contributed by atoms with van der Waals surface area (Å²) in [4.78, 5) is 4.70. The van der Waals surface area contributed by atoms with Gasteiger partial charge in [-0.25, -0.2) is 0 Å². The molecule has 0 aromatic heterocycles. The summed E-state index contributed by atoms with van der Waals surface area (Å²) in [6, 6.07) is 1.46. The minimum absolute atomic E-state index is 0.0229. The zero-order valence-corrected chi connectivity index (χ0v) is 12.5. The van der Waals surface area contributed by atoms with Gasteiger partial charge in [-0.15, -0.1) is 0 Å². The highest BCUT2D eigenvalue weighted by Crippen LogP contribution is 2.33. The molecule has 0 saturated carbocycles. The molecule has 0 spiro atoms. The van der Waals surface area contributed by atoms with Gasteiger partial charge < -0.3 is 0 Å². The van der Waals surface area contributed by atoms with Crippen LogP contribution in [0.4, 0.5) is 0 Å². The molecule has 0 bridgehead atoms. The van der Waals surface area contributed by atoms with Crippen molar-refractivity contribution in [1.82, 2.24) is 9.80 Å². The first kappa shape index (κ1) is 14.1. The van der Waals surface area contributed by atoms with E-state index in [-0.39, 0.29) is 9.52 Å². The average Bonchev–Trinajstić information content (AvgIpc) is 1.98. The molecule has 0 aliphatic rings. The Labute approximate surface area is 92.5 Å². The lowest BCUT2D eigenvalue weighted by Gasteiger charge is -2.43. The minimum atomic E-state index is 0.0229. The van der Waals surface area contributed by atoms with Gasteiger partial charge in [0.2, 0.25) is 0 Å². The molecule has 0 aromatic carbocycles. The van der Waals surface area contributed by atoms with Crippen molar-refractivity contribution in [2.24, 2.45) is 0 Å². The Morgan fingerprint density at radius 1 is 1.07 bits per heavy atom. The van der Waals surface area contributed by atoms with Gasteiger partial charge in [-0.2, -0.15) is 0 Å². The van der Waals surface area contributed by atoms with Crippen molar-refractivity contribution in [3.63, 3.8) is 0 Å². The Bertz CT molecular complexity index is 147. The van der Waals surface area contributed by atoms with Crippen LogP contribution in [0.25, 0.3) is 0 Å². The fourth-order valence-electron chi connectivity index (χ4n) is 2.62. The maximum absolute atomic E-state index is 2.43. The quantitative estimate of drug-likeness (QED) is 0.492. The second kappa shape index (κ2) is 5.88. The van der Waals surface area contributed by atoms with Gasteiger partial charge in [-0.1, -0.05) is 33.2 Å². The summed E-state index contributed by atoms with van der Waals surface area (Å²) < 4.78 is 0. The zero-order valence-electron chi connectivity index (χ0n) is 11.1. The summed E-state index contributed by atoms with van der Waals surface area (Å²) >= 11 is 0. The molecule has 0 amide bonds. The number of rotatable bonds is 6. The fourth-order valence-corrected chi connectivity index (χ4v) is 4.87. The normalized spacial score (nSPS) is 14.1. The number of hydrogen-bond acceptors (Lipinski definition) is 2. The van der Waals surface area contributed by atoms with Gasteiger partial charge in [0.15, 0.2) is 0 Å². The van der Waals surface area contributed by atoms with Crippen LogP contribution in [-0.4, -0.2) is 53.7 Å². The first-order chi connectivity index (χ1) is 6.33. The highest BCUT2D eigenvalue weighted by Gasteiger charge is 2.32. The molecule has 0 unspecified atom stereocenters. The maximum atomic E-state index is 2.43. The minimum Gasteiger partial charge on any atom is -0.294 e. The van der Waals surface area contributed by atoms with E-state index in [9.17, 15) is 0 Å². The van der Waals surface area contributed by atoms with Crippen LogP contribution < -0.4 is 0 Å². The molecule has 0 aromatic rings. The second-order valence-corrected chi connectivity index (χ2v) is 8.42. The summed E-state index contributed by atoms with van der Waals surface area (Å²) in [5, 5.41) is 0.503. The first-order valence-corrected chi connectivity index (χ1v) is 7.36. The molecule has 86 valence electrons. The van der Waals surface area contributed by atoms with Crippen molar-refractivity contribution >= 4 is 9.52 Å². The predicted octanol–water partition coefficient (Wildman–Crippen LogP) is 1.63. The molecule has 0 aliphatic carbocycles. The molecule has 0 fully saturated rings. The zero-order chi connectivity index (χ0) is 11.4. The second-order valence-electron chi connectivity index (χ2n) is 5.39. The van der Waals surface area contributed by atoms with E-state index in [1.807, 2.05) is 0 Å². The third kappa shape index (κ3) is 4.11. The fraction of sp³-hybridized carbons (Fsp3) is 1.00. The van der Waals surface area contributed by atoms with E-state index in [4.69, 9.17) is 0 Å². The molecule has 14 heavy (non-hydrogen) atoms. The van der Waals surface area contributed by atoms with Crippen LogP contribution >= 0.6 is 0 Å². The highest BCUT2D eigenvalue weighted by molar-refractivity contribution is 6.40.